The van der Waals surface area contributed by atoms with Crippen molar-refractivity contribution < 1.29 is 0 Å². The number of nitrogens with zero attached hydrogens (tertiary/aromatic N) is 2. The first-order valence-corrected chi connectivity index (χ1v) is 4.98. The van der Waals surface area contributed by atoms with Gasteiger partial charge in [0.1, 0.15) is 0 Å². The van der Waals surface area contributed by atoms with Gasteiger partial charge in [-0.2, -0.15) is 0 Å². The average molecular weight is 186 g/mol. The Morgan fingerprint density at radius 2 is 2.00 bits per heavy atom. The Bertz CT molecular complexity index is 132. The number of rotatable bonds is 3. The second-order valence-electron chi connectivity index (χ2n) is 4.56. The van der Waals surface area contributed by atoms with Crippen LogP contribution in [0.25, 0.3) is 0 Å². The summed E-state index contributed by atoms with van der Waals surface area (Å²) in [6, 6.07) is 0.795. The number of likely N-dealkylation sites (N-methyl/N-ethyl adjacent to an activating group) is 1. The van der Waals surface area contributed by atoms with E-state index in [-0.39, 0.29) is 7.43 Å². The van der Waals surface area contributed by atoms with Gasteiger partial charge in [0.25, 0.3) is 0 Å². The molecule has 0 amide bonds. The molecule has 0 radical (unpaired) electrons. The average Bonchev–Trinajstić information content (AvgIpc) is 2.34. The van der Waals surface area contributed by atoms with E-state index >= 15 is 0 Å². The third-order valence-electron chi connectivity index (χ3n) is 2.60. The lowest BCUT2D eigenvalue weighted by Gasteiger charge is -2.21. The van der Waals surface area contributed by atoms with Gasteiger partial charge in [-0.05, 0) is 33.0 Å². The number of likely N-dealkylation sites (tertiary alicyclic amines) is 1. The van der Waals surface area contributed by atoms with Crippen LogP contribution in [-0.2, 0) is 0 Å². The van der Waals surface area contributed by atoms with Gasteiger partial charge < -0.3 is 9.80 Å². The molecule has 80 valence electrons. The zero-order chi connectivity index (χ0) is 9.14. The summed E-state index contributed by atoms with van der Waals surface area (Å²) in [6.45, 7) is 8.42. The Morgan fingerprint density at radius 1 is 1.38 bits per heavy atom. The van der Waals surface area contributed by atoms with Crippen molar-refractivity contribution in [3.05, 3.63) is 0 Å². The van der Waals surface area contributed by atoms with Gasteiger partial charge in [-0.25, -0.2) is 0 Å². The van der Waals surface area contributed by atoms with Crippen molar-refractivity contribution in [2.75, 3.05) is 33.7 Å². The van der Waals surface area contributed by atoms with Gasteiger partial charge in [-0.1, -0.05) is 21.3 Å². The van der Waals surface area contributed by atoms with E-state index in [2.05, 4.69) is 37.7 Å². The largest absolute Gasteiger partial charge is 0.305 e. The molecule has 1 unspecified atom stereocenters. The van der Waals surface area contributed by atoms with E-state index in [0.29, 0.717) is 0 Å². The number of hydrogen-bond donors (Lipinski definition) is 0. The van der Waals surface area contributed by atoms with Gasteiger partial charge in [0.15, 0.2) is 0 Å². The molecule has 1 saturated heterocycles. The Balaban J connectivity index is 0.00000144. The van der Waals surface area contributed by atoms with E-state index in [1.807, 2.05) is 0 Å². The summed E-state index contributed by atoms with van der Waals surface area (Å²) in [7, 11) is 4.37. The topological polar surface area (TPSA) is 6.48 Å². The molecule has 13 heavy (non-hydrogen) atoms. The van der Waals surface area contributed by atoms with E-state index in [1.54, 1.807) is 0 Å². The smallest absolute Gasteiger partial charge is 0.0229 e. The first-order valence-electron chi connectivity index (χ1n) is 4.98. The van der Waals surface area contributed by atoms with Crippen LogP contribution in [0.2, 0.25) is 0 Å². The van der Waals surface area contributed by atoms with Crippen molar-refractivity contribution in [1.29, 1.82) is 0 Å². The fourth-order valence-corrected chi connectivity index (χ4v) is 1.92. The minimum atomic E-state index is 0. The first-order chi connectivity index (χ1) is 5.59. The molecule has 1 fully saturated rings. The molecule has 0 aromatic carbocycles. The van der Waals surface area contributed by atoms with Crippen LogP contribution in [-0.4, -0.2) is 49.6 Å². The molecule has 0 spiro atoms. The molecule has 0 N–H and O–H groups in total. The molecule has 1 aliphatic heterocycles. The quantitative estimate of drug-likeness (QED) is 0.664. The molecule has 1 heterocycles. The highest BCUT2D eigenvalue weighted by Crippen LogP contribution is 2.14. The fourth-order valence-electron chi connectivity index (χ4n) is 1.92. The molecular weight excluding hydrogens is 160 g/mol. The Kier molecular flexibility index (Phi) is 5.57. The summed E-state index contributed by atoms with van der Waals surface area (Å²) < 4.78 is 0. The Labute approximate surface area is 83.9 Å². The van der Waals surface area contributed by atoms with E-state index < -0.39 is 0 Å². The zero-order valence-electron chi connectivity index (χ0n) is 8.88. The van der Waals surface area contributed by atoms with Gasteiger partial charge >= 0.3 is 0 Å². The van der Waals surface area contributed by atoms with Crippen molar-refractivity contribution in [2.24, 2.45) is 5.92 Å². The van der Waals surface area contributed by atoms with Crippen LogP contribution in [0.4, 0.5) is 0 Å². The molecule has 1 rings (SSSR count). The zero-order valence-corrected chi connectivity index (χ0v) is 8.88. The van der Waals surface area contributed by atoms with Crippen LogP contribution in [0.15, 0.2) is 0 Å². The number of hydrogen-bond acceptors (Lipinski definition) is 2. The SMILES string of the molecule is C.CC(C)CN1CCC(N(C)C)C1. The van der Waals surface area contributed by atoms with Crippen LogP contribution in [0.3, 0.4) is 0 Å². The Hall–Kier alpha value is -0.0800. The second-order valence-corrected chi connectivity index (χ2v) is 4.56. The summed E-state index contributed by atoms with van der Waals surface area (Å²) in [5.74, 6) is 0.811. The molecule has 0 aromatic rings. The van der Waals surface area contributed by atoms with E-state index in [1.165, 1.54) is 26.1 Å². The normalized spacial score (nSPS) is 24.0. The standard InChI is InChI=1S/C10H22N2.CH4/c1-9(2)7-12-6-5-10(8-12)11(3)4;/h9-10H,5-8H2,1-4H3;1H4. The highest BCUT2D eigenvalue weighted by Gasteiger charge is 2.23. The monoisotopic (exact) mass is 186 g/mol. The highest BCUT2D eigenvalue weighted by molar-refractivity contribution is 4.80. The molecule has 1 atom stereocenters. The molecule has 2 nitrogen and oxygen atoms in total. The third-order valence-corrected chi connectivity index (χ3v) is 2.60. The lowest BCUT2D eigenvalue weighted by molar-refractivity contribution is 0.252. The van der Waals surface area contributed by atoms with Crippen molar-refractivity contribution in [1.82, 2.24) is 9.80 Å². The van der Waals surface area contributed by atoms with Gasteiger partial charge in [0.05, 0.1) is 0 Å². The summed E-state index contributed by atoms with van der Waals surface area (Å²) in [5, 5.41) is 0. The fraction of sp³-hybridized carbons (Fsp3) is 1.00. The summed E-state index contributed by atoms with van der Waals surface area (Å²) in [5.41, 5.74) is 0. The molecule has 1 aliphatic rings. The van der Waals surface area contributed by atoms with Gasteiger partial charge in [-0.15, -0.1) is 0 Å². The molecule has 0 saturated carbocycles. The summed E-state index contributed by atoms with van der Waals surface area (Å²) in [6.07, 6.45) is 1.35. The third kappa shape index (κ3) is 4.10. The highest BCUT2D eigenvalue weighted by atomic mass is 15.2. The second kappa shape index (κ2) is 5.61. The Morgan fingerprint density at radius 3 is 2.38 bits per heavy atom. The summed E-state index contributed by atoms with van der Waals surface area (Å²) in [4.78, 5) is 4.93. The van der Waals surface area contributed by atoms with E-state index in [9.17, 15) is 0 Å². The lowest BCUT2D eigenvalue weighted by Crippen LogP contribution is -2.32. The van der Waals surface area contributed by atoms with Crippen LogP contribution < -0.4 is 0 Å². The minimum absolute atomic E-state index is 0. The molecule has 0 aliphatic carbocycles. The minimum Gasteiger partial charge on any atom is -0.305 e. The van der Waals surface area contributed by atoms with Crippen molar-refractivity contribution >= 4 is 0 Å². The maximum atomic E-state index is 2.58. The molecule has 2 heteroatoms. The lowest BCUT2D eigenvalue weighted by atomic mass is 10.2. The van der Waals surface area contributed by atoms with Crippen LogP contribution >= 0.6 is 0 Å². The van der Waals surface area contributed by atoms with E-state index in [4.69, 9.17) is 0 Å². The predicted octanol–water partition coefficient (Wildman–Crippen LogP) is 1.91. The van der Waals surface area contributed by atoms with Gasteiger partial charge in [-0.3, -0.25) is 0 Å². The van der Waals surface area contributed by atoms with Crippen LogP contribution in [0, 0.1) is 5.92 Å². The van der Waals surface area contributed by atoms with Crippen LogP contribution in [0.5, 0.6) is 0 Å². The molecule has 0 aromatic heterocycles. The van der Waals surface area contributed by atoms with Crippen molar-refractivity contribution in [2.45, 2.75) is 33.7 Å². The molecule has 0 bridgehead atoms. The van der Waals surface area contributed by atoms with E-state index in [0.717, 1.165) is 12.0 Å². The predicted molar refractivity (Wildman–Crippen MR) is 60.1 cm³/mol. The first kappa shape index (κ1) is 12.9. The van der Waals surface area contributed by atoms with Gasteiger partial charge in [0, 0.05) is 19.1 Å². The van der Waals surface area contributed by atoms with Gasteiger partial charge in [0.2, 0.25) is 0 Å². The van der Waals surface area contributed by atoms with Crippen LogP contribution in [0.1, 0.15) is 27.7 Å². The maximum absolute atomic E-state index is 2.58. The summed E-state index contributed by atoms with van der Waals surface area (Å²) >= 11 is 0. The van der Waals surface area contributed by atoms with Crippen molar-refractivity contribution in [3.63, 3.8) is 0 Å². The molecular formula is C11H26N2. The maximum Gasteiger partial charge on any atom is 0.0229 e. The van der Waals surface area contributed by atoms with Crippen molar-refractivity contribution in [3.8, 4) is 0 Å².